The van der Waals surface area contributed by atoms with Crippen LogP contribution in [0.25, 0.3) is 10.8 Å². The standard InChI is InChI=1S/C23H24N2O4S/c1-15(2)30(28)21-12-9-18(10-13-21)23(27)25-24-22(26)16(3)29-20-11-8-17-6-4-5-7-19(17)14-20/h4-16H,1-3H3,(H,24,26)(H,25,27). The molecular formula is C23H24N2O4S. The summed E-state index contributed by atoms with van der Waals surface area (Å²) in [5.41, 5.74) is 5.09. The van der Waals surface area contributed by atoms with Crippen molar-refractivity contribution in [1.29, 1.82) is 0 Å². The second-order valence-electron chi connectivity index (χ2n) is 7.08. The highest BCUT2D eigenvalue weighted by molar-refractivity contribution is 7.85. The van der Waals surface area contributed by atoms with Gasteiger partial charge in [0.1, 0.15) is 5.75 Å². The molecule has 2 atom stereocenters. The fourth-order valence-electron chi connectivity index (χ4n) is 2.80. The molecule has 156 valence electrons. The van der Waals surface area contributed by atoms with Crippen LogP contribution in [0.2, 0.25) is 0 Å². The number of hydrogen-bond acceptors (Lipinski definition) is 4. The van der Waals surface area contributed by atoms with Crippen LogP contribution in [0.4, 0.5) is 0 Å². The number of carbonyl (C=O) groups is 2. The molecule has 7 heteroatoms. The maximum Gasteiger partial charge on any atom is 0.279 e. The zero-order valence-corrected chi connectivity index (χ0v) is 17.9. The molecule has 2 unspecified atom stereocenters. The summed E-state index contributed by atoms with van der Waals surface area (Å²) in [7, 11) is -1.12. The first kappa shape index (κ1) is 21.5. The molecule has 0 spiro atoms. The van der Waals surface area contributed by atoms with E-state index in [1.54, 1.807) is 37.3 Å². The van der Waals surface area contributed by atoms with Gasteiger partial charge in [-0.1, -0.05) is 44.2 Å². The highest BCUT2D eigenvalue weighted by Crippen LogP contribution is 2.21. The van der Waals surface area contributed by atoms with Crippen LogP contribution in [0, 0.1) is 0 Å². The van der Waals surface area contributed by atoms with Crippen molar-refractivity contribution < 1.29 is 18.5 Å². The van der Waals surface area contributed by atoms with E-state index in [-0.39, 0.29) is 5.25 Å². The lowest BCUT2D eigenvalue weighted by Gasteiger charge is -2.15. The van der Waals surface area contributed by atoms with Gasteiger partial charge < -0.3 is 4.74 Å². The average Bonchev–Trinajstić information content (AvgIpc) is 2.76. The number of ether oxygens (including phenoxy) is 1. The van der Waals surface area contributed by atoms with Crippen LogP contribution in [0.1, 0.15) is 31.1 Å². The molecule has 0 aromatic heterocycles. The zero-order valence-electron chi connectivity index (χ0n) is 17.0. The van der Waals surface area contributed by atoms with Crippen LogP contribution < -0.4 is 15.6 Å². The van der Waals surface area contributed by atoms with Crippen LogP contribution in [-0.4, -0.2) is 27.4 Å². The Hall–Kier alpha value is -3.19. The highest BCUT2D eigenvalue weighted by Gasteiger charge is 2.16. The lowest BCUT2D eigenvalue weighted by Crippen LogP contribution is -2.47. The number of hydrazine groups is 1. The van der Waals surface area contributed by atoms with E-state index < -0.39 is 28.7 Å². The maximum absolute atomic E-state index is 12.3. The quantitative estimate of drug-likeness (QED) is 0.593. The van der Waals surface area contributed by atoms with Crippen LogP contribution >= 0.6 is 0 Å². The number of carbonyl (C=O) groups excluding carboxylic acids is 2. The maximum atomic E-state index is 12.3. The number of rotatable bonds is 6. The molecule has 2 N–H and O–H groups in total. The summed E-state index contributed by atoms with van der Waals surface area (Å²) in [6.07, 6.45) is -0.803. The van der Waals surface area contributed by atoms with Gasteiger partial charge in [0.05, 0.1) is 10.8 Å². The van der Waals surface area contributed by atoms with Gasteiger partial charge in [-0.05, 0) is 54.1 Å². The topological polar surface area (TPSA) is 84.5 Å². The second-order valence-corrected chi connectivity index (χ2v) is 9.09. The predicted octanol–water partition coefficient (Wildman–Crippen LogP) is 3.58. The van der Waals surface area contributed by atoms with Crippen molar-refractivity contribution in [2.45, 2.75) is 37.0 Å². The minimum Gasteiger partial charge on any atom is -0.481 e. The Morgan fingerprint density at radius 1 is 0.867 bits per heavy atom. The van der Waals surface area contributed by atoms with Crippen LogP contribution in [0.3, 0.4) is 0 Å². The van der Waals surface area contributed by atoms with E-state index in [0.29, 0.717) is 16.2 Å². The SMILES string of the molecule is CC(Oc1ccc2ccccc2c1)C(=O)NNC(=O)c1ccc(S(=O)C(C)C)cc1. The average molecular weight is 425 g/mol. The summed E-state index contributed by atoms with van der Waals surface area (Å²) >= 11 is 0. The molecule has 2 amide bonds. The molecule has 0 bridgehead atoms. The summed E-state index contributed by atoms with van der Waals surface area (Å²) in [5.74, 6) is -0.381. The van der Waals surface area contributed by atoms with E-state index in [1.165, 1.54) is 0 Å². The minimum atomic E-state index is -1.12. The van der Waals surface area contributed by atoms with Gasteiger partial charge in [-0.25, -0.2) is 0 Å². The molecule has 0 fully saturated rings. The fourth-order valence-corrected chi connectivity index (χ4v) is 3.75. The van der Waals surface area contributed by atoms with Gasteiger partial charge >= 0.3 is 0 Å². The van der Waals surface area contributed by atoms with Gasteiger partial charge in [-0.3, -0.25) is 24.6 Å². The number of amides is 2. The van der Waals surface area contributed by atoms with E-state index in [4.69, 9.17) is 4.74 Å². The third kappa shape index (κ3) is 5.24. The van der Waals surface area contributed by atoms with Crippen LogP contribution in [0.5, 0.6) is 5.75 Å². The Balaban J connectivity index is 1.54. The van der Waals surface area contributed by atoms with Gasteiger partial charge in [0, 0.05) is 15.7 Å². The molecule has 0 saturated heterocycles. The molecule has 0 saturated carbocycles. The highest BCUT2D eigenvalue weighted by atomic mass is 32.2. The minimum absolute atomic E-state index is 0.00643. The normalized spacial score (nSPS) is 12.9. The Labute approximate surface area is 178 Å². The summed E-state index contributed by atoms with van der Waals surface area (Å²) in [6.45, 7) is 5.34. The molecule has 3 aromatic carbocycles. The largest absolute Gasteiger partial charge is 0.481 e. The number of benzene rings is 3. The fraction of sp³-hybridized carbons (Fsp3) is 0.217. The van der Waals surface area contributed by atoms with Gasteiger partial charge in [0.25, 0.3) is 11.8 Å². The smallest absolute Gasteiger partial charge is 0.279 e. The summed E-state index contributed by atoms with van der Waals surface area (Å²) < 4.78 is 17.8. The molecule has 3 aromatic rings. The van der Waals surface area contributed by atoms with Crippen LogP contribution in [0.15, 0.2) is 71.6 Å². The Morgan fingerprint density at radius 2 is 1.53 bits per heavy atom. The van der Waals surface area contributed by atoms with E-state index in [1.807, 2.05) is 50.2 Å². The molecule has 6 nitrogen and oxygen atoms in total. The molecular weight excluding hydrogens is 400 g/mol. The lowest BCUT2D eigenvalue weighted by molar-refractivity contribution is -0.128. The molecule has 0 aliphatic carbocycles. The van der Waals surface area contributed by atoms with E-state index >= 15 is 0 Å². The van der Waals surface area contributed by atoms with Gasteiger partial charge in [0.2, 0.25) is 0 Å². The first-order valence-electron chi connectivity index (χ1n) is 9.61. The van der Waals surface area contributed by atoms with Crippen molar-refractivity contribution in [3.8, 4) is 5.75 Å². The number of fused-ring (bicyclic) bond motifs is 1. The Kier molecular flexibility index (Phi) is 6.84. The summed E-state index contributed by atoms with van der Waals surface area (Å²) in [5, 5.41) is 2.09. The van der Waals surface area contributed by atoms with Gasteiger partial charge in [0.15, 0.2) is 6.10 Å². The van der Waals surface area contributed by atoms with Crippen molar-refractivity contribution in [3.05, 3.63) is 72.3 Å². The molecule has 0 heterocycles. The number of nitrogens with one attached hydrogen (secondary N) is 2. The molecule has 0 aliphatic rings. The first-order valence-corrected chi connectivity index (χ1v) is 10.8. The van der Waals surface area contributed by atoms with Crippen molar-refractivity contribution in [1.82, 2.24) is 10.9 Å². The van der Waals surface area contributed by atoms with Gasteiger partial charge in [-0.15, -0.1) is 0 Å². The van der Waals surface area contributed by atoms with Crippen molar-refractivity contribution in [2.24, 2.45) is 0 Å². The molecule has 30 heavy (non-hydrogen) atoms. The Morgan fingerprint density at radius 3 is 2.20 bits per heavy atom. The summed E-state index contributed by atoms with van der Waals surface area (Å²) in [6, 6.07) is 19.9. The lowest BCUT2D eigenvalue weighted by atomic mass is 10.1. The van der Waals surface area contributed by atoms with Crippen molar-refractivity contribution in [2.75, 3.05) is 0 Å². The van der Waals surface area contributed by atoms with Crippen molar-refractivity contribution in [3.63, 3.8) is 0 Å². The third-order valence-corrected chi connectivity index (χ3v) is 6.07. The first-order chi connectivity index (χ1) is 14.3. The third-order valence-electron chi connectivity index (χ3n) is 4.48. The molecule has 0 radical (unpaired) electrons. The zero-order chi connectivity index (χ0) is 21.7. The Bertz CT molecular complexity index is 1080. The summed E-state index contributed by atoms with van der Waals surface area (Å²) in [4.78, 5) is 25.2. The number of hydrogen-bond donors (Lipinski definition) is 2. The van der Waals surface area contributed by atoms with Gasteiger partial charge in [-0.2, -0.15) is 0 Å². The molecule has 3 rings (SSSR count). The van der Waals surface area contributed by atoms with Crippen LogP contribution in [-0.2, 0) is 15.6 Å². The predicted molar refractivity (Wildman–Crippen MR) is 118 cm³/mol. The second kappa shape index (κ2) is 9.54. The van der Waals surface area contributed by atoms with E-state index in [9.17, 15) is 13.8 Å². The molecule has 0 aliphatic heterocycles. The van der Waals surface area contributed by atoms with E-state index in [2.05, 4.69) is 10.9 Å². The van der Waals surface area contributed by atoms with E-state index in [0.717, 1.165) is 10.8 Å². The van der Waals surface area contributed by atoms with Crippen molar-refractivity contribution >= 4 is 33.4 Å². The monoisotopic (exact) mass is 424 g/mol.